The number of benzene rings is 2. The van der Waals surface area contributed by atoms with Crippen LogP contribution in [0.4, 0.5) is 0 Å². The monoisotopic (exact) mass is 353 g/mol. The van der Waals surface area contributed by atoms with Gasteiger partial charge in [-0.2, -0.15) is 4.31 Å². The Hall–Kier alpha value is -1.60. The largest absolute Gasteiger partial charge is 0.505 e. The summed E-state index contributed by atoms with van der Waals surface area (Å²) in [5, 5.41) is 19.7. The van der Waals surface area contributed by atoms with Crippen molar-refractivity contribution >= 4 is 21.6 Å². The molecule has 3 rings (SSSR count). The predicted octanol–water partition coefficient (Wildman–Crippen LogP) is 1.98. The van der Waals surface area contributed by atoms with E-state index in [-0.39, 0.29) is 29.6 Å². The van der Waals surface area contributed by atoms with Crippen LogP contribution in [0.2, 0.25) is 5.02 Å². The number of para-hydroxylation sites is 1. The highest BCUT2D eigenvalue weighted by molar-refractivity contribution is 7.89. The first-order valence-electron chi connectivity index (χ1n) is 7.05. The number of halogens is 1. The molecule has 0 saturated carbocycles. The minimum atomic E-state index is -3.86. The molecule has 0 aromatic heterocycles. The molecule has 2 aromatic carbocycles. The maximum Gasteiger partial charge on any atom is 0.246 e. The molecule has 0 aliphatic carbocycles. The van der Waals surface area contributed by atoms with Crippen LogP contribution in [-0.4, -0.2) is 42.6 Å². The number of sulfonamides is 1. The van der Waals surface area contributed by atoms with Crippen molar-refractivity contribution in [3.8, 4) is 5.75 Å². The van der Waals surface area contributed by atoms with Gasteiger partial charge in [0.15, 0.2) is 5.75 Å². The molecular weight excluding hydrogens is 338 g/mol. The molecule has 0 spiro atoms. The maximum atomic E-state index is 12.6. The first-order chi connectivity index (χ1) is 10.9. The van der Waals surface area contributed by atoms with Gasteiger partial charge in [0, 0.05) is 18.5 Å². The number of hydrogen-bond acceptors (Lipinski definition) is 4. The lowest BCUT2D eigenvalue weighted by molar-refractivity contribution is 0.0773. The zero-order valence-corrected chi connectivity index (χ0v) is 13.8. The van der Waals surface area contributed by atoms with E-state index in [4.69, 9.17) is 11.6 Å². The molecule has 0 atom stereocenters. The van der Waals surface area contributed by atoms with E-state index in [0.29, 0.717) is 0 Å². The normalized spacial score (nSPS) is 17.7. The van der Waals surface area contributed by atoms with Crippen LogP contribution in [0.25, 0.3) is 0 Å². The Morgan fingerprint density at radius 2 is 1.74 bits per heavy atom. The van der Waals surface area contributed by atoms with Crippen LogP contribution >= 0.6 is 11.6 Å². The molecule has 1 aliphatic rings. The third kappa shape index (κ3) is 2.61. The van der Waals surface area contributed by atoms with Gasteiger partial charge in [-0.25, -0.2) is 8.42 Å². The molecule has 2 aromatic rings. The van der Waals surface area contributed by atoms with Crippen molar-refractivity contribution in [3.05, 3.63) is 59.1 Å². The molecule has 1 heterocycles. The molecule has 2 N–H and O–H groups in total. The van der Waals surface area contributed by atoms with Crippen LogP contribution in [0.3, 0.4) is 0 Å². The number of phenols is 1. The van der Waals surface area contributed by atoms with Crippen molar-refractivity contribution in [1.29, 1.82) is 0 Å². The highest BCUT2D eigenvalue weighted by atomic mass is 35.5. The lowest BCUT2D eigenvalue weighted by atomic mass is 9.76. The fourth-order valence-corrected chi connectivity index (χ4v) is 4.75. The number of aliphatic hydroxyl groups is 1. The van der Waals surface area contributed by atoms with E-state index in [1.54, 1.807) is 0 Å². The van der Waals surface area contributed by atoms with Crippen molar-refractivity contribution in [2.24, 2.45) is 0 Å². The van der Waals surface area contributed by atoms with Crippen molar-refractivity contribution in [2.75, 3.05) is 19.7 Å². The average molecular weight is 354 g/mol. The van der Waals surface area contributed by atoms with Gasteiger partial charge in [0.2, 0.25) is 10.0 Å². The molecule has 1 aliphatic heterocycles. The fourth-order valence-electron chi connectivity index (χ4n) is 2.81. The Morgan fingerprint density at radius 3 is 2.35 bits per heavy atom. The molecule has 0 amide bonds. The molecule has 5 nitrogen and oxygen atoms in total. The molecule has 7 heteroatoms. The Labute approximate surface area is 139 Å². The SMILES string of the molecule is O=S(=O)(c1cccc(Cl)c1O)N1CC(CO)(c2ccccc2)C1. The number of phenolic OH excluding ortho intramolecular Hbond substituents is 1. The third-order valence-corrected chi connectivity index (χ3v) is 6.34. The van der Waals surface area contributed by atoms with E-state index >= 15 is 0 Å². The molecule has 0 bridgehead atoms. The van der Waals surface area contributed by atoms with Gasteiger partial charge in [-0.1, -0.05) is 48.0 Å². The van der Waals surface area contributed by atoms with Gasteiger partial charge >= 0.3 is 0 Å². The summed E-state index contributed by atoms with van der Waals surface area (Å²) in [7, 11) is -3.86. The molecule has 1 fully saturated rings. The quantitative estimate of drug-likeness (QED) is 0.881. The fraction of sp³-hybridized carbons (Fsp3) is 0.250. The van der Waals surface area contributed by atoms with Gasteiger partial charge < -0.3 is 10.2 Å². The highest BCUT2D eigenvalue weighted by Gasteiger charge is 2.49. The predicted molar refractivity (Wildman–Crippen MR) is 87.1 cm³/mol. The second-order valence-corrected chi connectivity index (χ2v) is 7.98. The van der Waals surface area contributed by atoms with Gasteiger partial charge in [0.25, 0.3) is 0 Å². The van der Waals surface area contributed by atoms with Crippen LogP contribution in [0.15, 0.2) is 53.4 Å². The minimum absolute atomic E-state index is 0.0110. The third-order valence-electron chi connectivity index (χ3n) is 4.21. The second-order valence-electron chi connectivity index (χ2n) is 5.66. The van der Waals surface area contributed by atoms with E-state index in [1.165, 1.54) is 22.5 Å². The van der Waals surface area contributed by atoms with Crippen LogP contribution in [-0.2, 0) is 15.4 Å². The zero-order valence-electron chi connectivity index (χ0n) is 12.2. The van der Waals surface area contributed by atoms with Crippen molar-refractivity contribution in [1.82, 2.24) is 4.31 Å². The molecule has 0 unspecified atom stereocenters. The van der Waals surface area contributed by atoms with Crippen LogP contribution in [0, 0.1) is 0 Å². The Kier molecular flexibility index (Phi) is 4.10. The highest BCUT2D eigenvalue weighted by Crippen LogP contribution is 2.40. The number of aliphatic hydroxyl groups excluding tert-OH is 1. The van der Waals surface area contributed by atoms with Crippen LogP contribution in [0.1, 0.15) is 5.56 Å². The molecule has 122 valence electrons. The molecule has 0 radical (unpaired) electrons. The number of nitrogens with zero attached hydrogens (tertiary/aromatic N) is 1. The van der Waals surface area contributed by atoms with E-state index in [0.717, 1.165) is 5.56 Å². The van der Waals surface area contributed by atoms with Crippen molar-refractivity contribution < 1.29 is 18.6 Å². The lowest BCUT2D eigenvalue weighted by Gasteiger charge is -2.48. The van der Waals surface area contributed by atoms with Gasteiger partial charge in [0.05, 0.1) is 11.6 Å². The Morgan fingerprint density at radius 1 is 1.09 bits per heavy atom. The minimum Gasteiger partial charge on any atom is -0.505 e. The van der Waals surface area contributed by atoms with Crippen molar-refractivity contribution in [3.63, 3.8) is 0 Å². The summed E-state index contributed by atoms with van der Waals surface area (Å²) in [4.78, 5) is -0.218. The van der Waals surface area contributed by atoms with Crippen LogP contribution in [0.5, 0.6) is 5.75 Å². The van der Waals surface area contributed by atoms with Gasteiger partial charge in [0.1, 0.15) is 4.90 Å². The topological polar surface area (TPSA) is 77.8 Å². The molecule has 1 saturated heterocycles. The summed E-state index contributed by atoms with van der Waals surface area (Å²) in [6.07, 6.45) is 0. The van der Waals surface area contributed by atoms with Gasteiger partial charge in [-0.15, -0.1) is 0 Å². The Balaban J connectivity index is 1.90. The Bertz CT molecular complexity index is 817. The zero-order chi connectivity index (χ0) is 16.7. The summed E-state index contributed by atoms with van der Waals surface area (Å²) < 4.78 is 26.5. The van der Waals surface area contributed by atoms with Gasteiger partial charge in [-0.05, 0) is 17.7 Å². The summed E-state index contributed by atoms with van der Waals surface area (Å²) >= 11 is 5.79. The van der Waals surface area contributed by atoms with E-state index in [2.05, 4.69) is 0 Å². The molecular formula is C16H16ClNO4S. The molecule has 23 heavy (non-hydrogen) atoms. The number of aromatic hydroxyl groups is 1. The number of hydrogen-bond donors (Lipinski definition) is 2. The first-order valence-corrected chi connectivity index (χ1v) is 8.86. The smallest absolute Gasteiger partial charge is 0.246 e. The van der Waals surface area contributed by atoms with Crippen molar-refractivity contribution in [2.45, 2.75) is 10.3 Å². The van der Waals surface area contributed by atoms with E-state index in [1.807, 2.05) is 30.3 Å². The van der Waals surface area contributed by atoms with E-state index in [9.17, 15) is 18.6 Å². The van der Waals surface area contributed by atoms with E-state index < -0.39 is 21.2 Å². The number of rotatable bonds is 4. The lowest BCUT2D eigenvalue weighted by Crippen LogP contribution is -2.62. The first kappa shape index (κ1) is 16.3. The summed E-state index contributed by atoms with van der Waals surface area (Å²) in [5.74, 6) is -0.449. The van der Waals surface area contributed by atoms with Gasteiger partial charge in [-0.3, -0.25) is 0 Å². The maximum absolute atomic E-state index is 12.6. The summed E-state index contributed by atoms with van der Waals surface area (Å²) in [6.45, 7) is 0.161. The summed E-state index contributed by atoms with van der Waals surface area (Å²) in [6, 6.07) is 13.5. The summed E-state index contributed by atoms with van der Waals surface area (Å²) in [5.41, 5.74) is 0.284. The average Bonchev–Trinajstić information content (AvgIpc) is 2.50. The second kappa shape index (κ2) is 5.79. The standard InChI is InChI=1S/C16H16ClNO4S/c17-13-7-4-8-14(15(13)20)23(21,22)18-9-16(10-18,11-19)12-5-2-1-3-6-12/h1-8,19-20H,9-11H2. The van der Waals surface area contributed by atoms with Crippen LogP contribution < -0.4 is 0 Å².